The third-order valence-electron chi connectivity index (χ3n) is 4.36. The molecule has 2 aromatic carbocycles. The maximum absolute atomic E-state index is 12.4. The molecular weight excluding hydrogens is 383 g/mol. The zero-order valence-corrected chi connectivity index (χ0v) is 17.1. The molecule has 146 valence electrons. The number of nitrogen functional groups attached to an aromatic ring is 1. The monoisotopic (exact) mass is 408 g/mol. The molecule has 0 aliphatic carbocycles. The first kappa shape index (κ1) is 22.8. The van der Waals surface area contributed by atoms with E-state index in [1.807, 2.05) is 48.5 Å². The van der Waals surface area contributed by atoms with Crippen LogP contribution in [0.25, 0.3) is 11.0 Å². The van der Waals surface area contributed by atoms with Gasteiger partial charge in [0.05, 0.1) is 17.1 Å². The Balaban J connectivity index is 0.00000182. The number of aryl methyl sites for hydroxylation is 1. The third-order valence-corrected chi connectivity index (χ3v) is 4.36. The minimum Gasteiger partial charge on any atom is -0.399 e. The largest absolute Gasteiger partial charge is 0.399 e. The van der Waals surface area contributed by atoms with Gasteiger partial charge in [-0.3, -0.25) is 4.79 Å². The second kappa shape index (κ2) is 10.2. The van der Waals surface area contributed by atoms with Crippen molar-refractivity contribution in [3.8, 4) is 0 Å². The fraction of sp³-hybridized carbons (Fsp3) is 0.300. The normalized spacial score (nSPS) is 11.5. The zero-order chi connectivity index (χ0) is 17.8. The molecule has 7 heteroatoms. The summed E-state index contributed by atoms with van der Waals surface area (Å²) in [5.41, 5.74) is 9.57. The number of halogens is 2. The summed E-state index contributed by atoms with van der Waals surface area (Å²) in [7, 11) is 0. The number of para-hydroxylation sites is 3. The van der Waals surface area contributed by atoms with Crippen LogP contribution in [0.4, 0.5) is 5.69 Å². The number of nitrogens with two attached hydrogens (primary N) is 1. The molecule has 0 saturated heterocycles. The van der Waals surface area contributed by atoms with Crippen molar-refractivity contribution < 1.29 is 4.79 Å². The van der Waals surface area contributed by atoms with Crippen LogP contribution in [0.15, 0.2) is 48.5 Å². The molecule has 5 nitrogen and oxygen atoms in total. The second-order valence-electron chi connectivity index (χ2n) is 6.63. The summed E-state index contributed by atoms with van der Waals surface area (Å²) in [4.78, 5) is 20.4. The van der Waals surface area contributed by atoms with Crippen LogP contribution in [0.5, 0.6) is 0 Å². The van der Waals surface area contributed by atoms with E-state index in [2.05, 4.69) is 29.1 Å². The van der Waals surface area contributed by atoms with Crippen molar-refractivity contribution in [3.63, 3.8) is 0 Å². The van der Waals surface area contributed by atoms with Crippen molar-refractivity contribution >= 4 is 47.4 Å². The highest BCUT2D eigenvalue weighted by Crippen LogP contribution is 2.22. The van der Waals surface area contributed by atoms with Crippen molar-refractivity contribution in [2.24, 2.45) is 5.92 Å². The molecule has 1 amide bonds. The van der Waals surface area contributed by atoms with Gasteiger partial charge in [-0.2, -0.15) is 0 Å². The van der Waals surface area contributed by atoms with Crippen LogP contribution in [-0.2, 0) is 11.2 Å². The van der Waals surface area contributed by atoms with Crippen LogP contribution < -0.4 is 11.1 Å². The van der Waals surface area contributed by atoms with E-state index in [9.17, 15) is 4.79 Å². The molecule has 3 aromatic rings. The summed E-state index contributed by atoms with van der Waals surface area (Å²) in [5, 5.41) is 3.11. The minimum absolute atomic E-state index is 0. The molecule has 4 N–H and O–H groups in total. The number of benzene rings is 2. The Morgan fingerprint density at radius 1 is 1.11 bits per heavy atom. The maximum Gasteiger partial charge on any atom is 0.220 e. The van der Waals surface area contributed by atoms with Crippen molar-refractivity contribution in [2.45, 2.75) is 32.7 Å². The molecule has 0 fully saturated rings. The number of hydrogen-bond donors (Lipinski definition) is 3. The molecule has 1 unspecified atom stereocenters. The molecule has 1 heterocycles. The lowest BCUT2D eigenvalue weighted by Gasteiger charge is -2.20. The Morgan fingerprint density at radius 3 is 2.44 bits per heavy atom. The Kier molecular flexibility index (Phi) is 8.60. The second-order valence-corrected chi connectivity index (χ2v) is 6.63. The third kappa shape index (κ3) is 5.62. The lowest BCUT2D eigenvalue weighted by atomic mass is 10.0. The highest BCUT2D eigenvalue weighted by atomic mass is 35.5. The highest BCUT2D eigenvalue weighted by molar-refractivity contribution is 5.85. The number of carbonyl (C=O) groups excluding carboxylic acids is 1. The van der Waals surface area contributed by atoms with E-state index < -0.39 is 0 Å². The first-order chi connectivity index (χ1) is 12.0. The molecule has 1 atom stereocenters. The minimum atomic E-state index is -0.145. The molecule has 27 heavy (non-hydrogen) atoms. The molecule has 0 bridgehead atoms. The van der Waals surface area contributed by atoms with Crippen molar-refractivity contribution in [3.05, 3.63) is 59.9 Å². The van der Waals surface area contributed by atoms with Crippen LogP contribution in [0.1, 0.15) is 37.7 Å². The van der Waals surface area contributed by atoms with Gasteiger partial charge in [-0.15, -0.1) is 24.8 Å². The molecule has 0 aliphatic rings. The Morgan fingerprint density at radius 2 is 1.78 bits per heavy atom. The number of imidazole rings is 1. The number of aromatic amines is 1. The van der Waals surface area contributed by atoms with E-state index in [1.165, 1.54) is 0 Å². The first-order valence-electron chi connectivity index (χ1n) is 8.62. The highest BCUT2D eigenvalue weighted by Gasteiger charge is 2.21. The van der Waals surface area contributed by atoms with Crippen LogP contribution in [0.2, 0.25) is 0 Å². The molecule has 0 saturated carbocycles. The van der Waals surface area contributed by atoms with E-state index in [0.29, 0.717) is 12.8 Å². The molecule has 0 radical (unpaired) electrons. The van der Waals surface area contributed by atoms with Crippen LogP contribution in [0, 0.1) is 5.92 Å². The van der Waals surface area contributed by atoms with Gasteiger partial charge >= 0.3 is 0 Å². The van der Waals surface area contributed by atoms with Gasteiger partial charge in [0.25, 0.3) is 0 Å². The topological polar surface area (TPSA) is 83.8 Å². The predicted octanol–water partition coefficient (Wildman–Crippen LogP) is 4.43. The fourth-order valence-corrected chi connectivity index (χ4v) is 2.93. The molecule has 1 aromatic heterocycles. The standard InChI is InChI=1S/C20H24N4O.2ClH/c1-13(2)19(20-22-16-9-5-6-10-17(16)23-20)24-18(25)12-11-14-7-3-4-8-15(14)21;;/h3-10,13,19H,11-12,21H2,1-2H3,(H,22,23)(H,24,25);2*1H. The fourth-order valence-electron chi connectivity index (χ4n) is 2.93. The van der Waals surface area contributed by atoms with Crippen LogP contribution in [0.3, 0.4) is 0 Å². The SMILES string of the molecule is CC(C)C(NC(=O)CCc1ccccc1N)c1nc2ccccc2[nH]1.Cl.Cl. The molecule has 0 aliphatic heterocycles. The summed E-state index contributed by atoms with van der Waals surface area (Å²) in [6.07, 6.45) is 1.03. The van der Waals surface area contributed by atoms with Crippen LogP contribution in [-0.4, -0.2) is 15.9 Å². The number of anilines is 1. The number of hydrogen-bond acceptors (Lipinski definition) is 3. The zero-order valence-electron chi connectivity index (χ0n) is 15.4. The summed E-state index contributed by atoms with van der Waals surface area (Å²) in [6.45, 7) is 4.15. The number of H-pyrrole nitrogens is 1. The van der Waals surface area contributed by atoms with Gasteiger partial charge in [0.1, 0.15) is 5.82 Å². The van der Waals surface area contributed by atoms with Crippen molar-refractivity contribution in [2.75, 3.05) is 5.73 Å². The van der Waals surface area contributed by atoms with Gasteiger partial charge in [0, 0.05) is 12.1 Å². The number of nitrogens with one attached hydrogen (secondary N) is 2. The average Bonchev–Trinajstić information content (AvgIpc) is 3.02. The van der Waals surface area contributed by atoms with E-state index in [0.717, 1.165) is 28.1 Å². The van der Waals surface area contributed by atoms with Gasteiger partial charge in [-0.1, -0.05) is 44.2 Å². The van der Waals surface area contributed by atoms with Gasteiger partial charge in [0.2, 0.25) is 5.91 Å². The van der Waals surface area contributed by atoms with Gasteiger partial charge in [0.15, 0.2) is 0 Å². The lowest BCUT2D eigenvalue weighted by molar-refractivity contribution is -0.122. The van der Waals surface area contributed by atoms with Crippen molar-refractivity contribution in [1.29, 1.82) is 0 Å². The predicted molar refractivity (Wildman–Crippen MR) is 115 cm³/mol. The van der Waals surface area contributed by atoms with Crippen molar-refractivity contribution in [1.82, 2.24) is 15.3 Å². The summed E-state index contributed by atoms with van der Waals surface area (Å²) >= 11 is 0. The quantitative estimate of drug-likeness (QED) is 0.527. The molecular formula is C20H26Cl2N4O. The summed E-state index contributed by atoms with van der Waals surface area (Å²) in [5.74, 6) is 1.03. The maximum atomic E-state index is 12.4. The van der Waals surface area contributed by atoms with E-state index in [1.54, 1.807) is 0 Å². The number of rotatable bonds is 6. The van der Waals surface area contributed by atoms with Gasteiger partial charge < -0.3 is 16.0 Å². The number of fused-ring (bicyclic) bond motifs is 1. The first-order valence-corrected chi connectivity index (χ1v) is 8.62. The van der Waals surface area contributed by atoms with Gasteiger partial charge in [-0.25, -0.2) is 4.98 Å². The smallest absolute Gasteiger partial charge is 0.220 e. The summed E-state index contributed by atoms with van der Waals surface area (Å²) < 4.78 is 0. The van der Waals surface area contributed by atoms with E-state index in [-0.39, 0.29) is 42.7 Å². The van der Waals surface area contributed by atoms with Crippen LogP contribution >= 0.6 is 24.8 Å². The lowest BCUT2D eigenvalue weighted by Crippen LogP contribution is -2.32. The number of amides is 1. The Labute approximate surface area is 172 Å². The molecule has 0 spiro atoms. The Bertz CT molecular complexity index is 846. The summed E-state index contributed by atoms with van der Waals surface area (Å²) in [6, 6.07) is 15.4. The average molecular weight is 409 g/mol. The Hall–Kier alpha value is -2.24. The number of nitrogens with zero attached hydrogens (tertiary/aromatic N) is 1. The van der Waals surface area contributed by atoms with E-state index in [4.69, 9.17) is 5.73 Å². The van der Waals surface area contributed by atoms with E-state index >= 15 is 0 Å². The van der Waals surface area contributed by atoms with Gasteiger partial charge in [-0.05, 0) is 36.1 Å². The number of aromatic nitrogens is 2. The molecule has 3 rings (SSSR count). The number of carbonyl (C=O) groups is 1.